The molecule has 29 heavy (non-hydrogen) atoms. The van der Waals surface area contributed by atoms with Gasteiger partial charge in [-0.25, -0.2) is 0 Å². The summed E-state index contributed by atoms with van der Waals surface area (Å²) in [5, 5.41) is 10.2. The number of anilines is 1. The van der Waals surface area contributed by atoms with Crippen molar-refractivity contribution >= 4 is 23.3 Å². The quantitative estimate of drug-likeness (QED) is 0.709. The lowest BCUT2D eigenvalue weighted by atomic mass is 9.91. The van der Waals surface area contributed by atoms with E-state index in [1.54, 1.807) is 0 Å². The van der Waals surface area contributed by atoms with E-state index in [9.17, 15) is 9.90 Å². The van der Waals surface area contributed by atoms with Crippen LogP contribution in [0.5, 0.6) is 5.75 Å². The molecule has 0 aromatic heterocycles. The number of likely N-dealkylation sites (tertiary alicyclic amines) is 1. The zero-order valence-corrected chi connectivity index (χ0v) is 18.0. The Kier molecular flexibility index (Phi) is 7.04. The monoisotopic (exact) mass is 416 g/mol. The maximum Gasteiger partial charge on any atom is 0.307 e. The Bertz CT molecular complexity index is 839. The van der Waals surface area contributed by atoms with Gasteiger partial charge in [-0.2, -0.15) is 0 Å². The van der Waals surface area contributed by atoms with E-state index in [0.717, 1.165) is 35.5 Å². The van der Waals surface area contributed by atoms with Crippen molar-refractivity contribution in [2.45, 2.75) is 25.8 Å². The van der Waals surface area contributed by atoms with E-state index >= 15 is 0 Å². The van der Waals surface area contributed by atoms with Crippen LogP contribution in [0.25, 0.3) is 0 Å². The lowest BCUT2D eigenvalue weighted by Crippen LogP contribution is -2.41. The Balaban J connectivity index is 2.07. The van der Waals surface area contributed by atoms with Crippen LogP contribution in [0.4, 0.5) is 5.69 Å². The molecule has 156 valence electrons. The molecule has 2 atom stereocenters. The summed E-state index contributed by atoms with van der Waals surface area (Å²) >= 11 is 6.36. The van der Waals surface area contributed by atoms with Gasteiger partial charge < -0.3 is 14.7 Å². The van der Waals surface area contributed by atoms with E-state index in [2.05, 4.69) is 34.1 Å². The topological polar surface area (TPSA) is 53.0 Å². The van der Waals surface area contributed by atoms with Gasteiger partial charge in [-0.1, -0.05) is 23.7 Å². The van der Waals surface area contributed by atoms with Crippen molar-refractivity contribution in [2.24, 2.45) is 5.92 Å². The summed E-state index contributed by atoms with van der Waals surface area (Å²) in [5.74, 6) is -0.300. The molecule has 0 spiro atoms. The minimum Gasteiger partial charge on any atom is -0.494 e. The van der Waals surface area contributed by atoms with Crippen molar-refractivity contribution in [2.75, 3.05) is 38.7 Å². The van der Waals surface area contributed by atoms with Crippen LogP contribution >= 0.6 is 11.6 Å². The van der Waals surface area contributed by atoms with Crippen LogP contribution in [0.1, 0.15) is 36.9 Å². The fraction of sp³-hybridized carbons (Fsp3) is 0.435. The molecular formula is C23H29ClN2O3. The maximum absolute atomic E-state index is 11.7. The molecule has 0 radical (unpaired) electrons. The van der Waals surface area contributed by atoms with Crippen LogP contribution in [-0.2, 0) is 4.79 Å². The molecule has 1 heterocycles. The Labute approximate surface area is 177 Å². The molecule has 2 unspecified atom stereocenters. The van der Waals surface area contributed by atoms with Gasteiger partial charge >= 0.3 is 5.97 Å². The smallest absolute Gasteiger partial charge is 0.307 e. The summed E-state index contributed by atoms with van der Waals surface area (Å²) < 4.78 is 5.91. The molecule has 0 saturated carbocycles. The molecule has 6 heteroatoms. The molecule has 1 N–H and O–H groups in total. The SMILES string of the molecule is CCOc1ccc(Cl)cc1C(c1ccc(N(C)C)cc1)N1CCCC(C(=O)O)C1. The van der Waals surface area contributed by atoms with Crippen molar-refractivity contribution in [3.05, 3.63) is 58.6 Å². The van der Waals surface area contributed by atoms with Crippen LogP contribution in [0.15, 0.2) is 42.5 Å². The number of benzene rings is 2. The lowest BCUT2D eigenvalue weighted by Gasteiger charge is -2.38. The third-order valence-corrected chi connectivity index (χ3v) is 5.69. The van der Waals surface area contributed by atoms with E-state index in [1.165, 1.54) is 0 Å². The Hall–Kier alpha value is -2.24. The van der Waals surface area contributed by atoms with Gasteiger partial charge in [0, 0.05) is 36.9 Å². The van der Waals surface area contributed by atoms with Gasteiger partial charge in [-0.05, 0) is 62.2 Å². The second-order valence-corrected chi connectivity index (χ2v) is 8.11. The minimum absolute atomic E-state index is 0.117. The van der Waals surface area contributed by atoms with Crippen molar-refractivity contribution in [3.63, 3.8) is 0 Å². The number of carboxylic acids is 1. The number of nitrogens with zero attached hydrogens (tertiary/aromatic N) is 2. The van der Waals surface area contributed by atoms with Crippen LogP contribution < -0.4 is 9.64 Å². The molecule has 0 bridgehead atoms. The van der Waals surface area contributed by atoms with Gasteiger partial charge in [0.05, 0.1) is 18.6 Å². The number of piperidine rings is 1. The summed E-state index contributed by atoms with van der Waals surface area (Å²) in [6.45, 7) is 3.86. The van der Waals surface area contributed by atoms with Crippen LogP contribution in [-0.4, -0.2) is 49.8 Å². The average molecular weight is 417 g/mol. The predicted octanol–water partition coefficient (Wildman–Crippen LogP) is 4.69. The van der Waals surface area contributed by atoms with Crippen LogP contribution in [0.3, 0.4) is 0 Å². The molecule has 0 aliphatic carbocycles. The molecule has 1 aliphatic heterocycles. The molecular weight excluding hydrogens is 388 g/mol. The zero-order chi connectivity index (χ0) is 21.0. The first-order valence-electron chi connectivity index (χ1n) is 10.1. The molecule has 5 nitrogen and oxygen atoms in total. The van der Waals surface area contributed by atoms with Gasteiger partial charge in [-0.3, -0.25) is 9.69 Å². The summed E-state index contributed by atoms with van der Waals surface area (Å²) in [5.41, 5.74) is 3.19. The van der Waals surface area contributed by atoms with E-state index in [4.69, 9.17) is 16.3 Å². The van der Waals surface area contributed by atoms with Gasteiger partial charge in [-0.15, -0.1) is 0 Å². The average Bonchev–Trinajstić information content (AvgIpc) is 2.71. The largest absolute Gasteiger partial charge is 0.494 e. The fourth-order valence-corrected chi connectivity index (χ4v) is 4.18. The first-order chi connectivity index (χ1) is 13.9. The van der Waals surface area contributed by atoms with Gasteiger partial charge in [0.2, 0.25) is 0 Å². The van der Waals surface area contributed by atoms with E-state index < -0.39 is 5.97 Å². The first-order valence-corrected chi connectivity index (χ1v) is 10.4. The maximum atomic E-state index is 11.7. The highest BCUT2D eigenvalue weighted by molar-refractivity contribution is 6.30. The third-order valence-electron chi connectivity index (χ3n) is 5.46. The Morgan fingerprint density at radius 1 is 1.28 bits per heavy atom. The predicted molar refractivity (Wildman–Crippen MR) is 117 cm³/mol. The Morgan fingerprint density at radius 3 is 2.62 bits per heavy atom. The van der Waals surface area contributed by atoms with E-state index in [1.807, 2.05) is 39.2 Å². The number of carbonyl (C=O) groups is 1. The molecule has 1 saturated heterocycles. The van der Waals surface area contributed by atoms with Gasteiger partial charge in [0.25, 0.3) is 0 Å². The van der Waals surface area contributed by atoms with Crippen LogP contribution in [0.2, 0.25) is 5.02 Å². The molecule has 1 fully saturated rings. The van der Waals surface area contributed by atoms with Crippen LogP contribution in [0, 0.1) is 5.92 Å². The number of ether oxygens (including phenoxy) is 1. The highest BCUT2D eigenvalue weighted by Crippen LogP contribution is 2.39. The number of carboxylic acid groups (broad SMARTS) is 1. The molecule has 0 amide bonds. The first kappa shape index (κ1) is 21.5. The second-order valence-electron chi connectivity index (χ2n) is 7.68. The van der Waals surface area contributed by atoms with Gasteiger partial charge in [0.15, 0.2) is 0 Å². The molecule has 1 aliphatic rings. The molecule has 2 aromatic rings. The summed E-state index contributed by atoms with van der Waals surface area (Å²) in [6, 6.07) is 14.0. The van der Waals surface area contributed by atoms with Gasteiger partial charge in [0.1, 0.15) is 5.75 Å². The number of rotatable bonds is 7. The lowest BCUT2D eigenvalue weighted by molar-refractivity contribution is -0.143. The number of hydrogen-bond donors (Lipinski definition) is 1. The van der Waals surface area contributed by atoms with Crippen molar-refractivity contribution in [3.8, 4) is 5.75 Å². The molecule has 2 aromatic carbocycles. The summed E-state index contributed by atoms with van der Waals surface area (Å²) in [4.78, 5) is 16.0. The normalized spacial score (nSPS) is 18.3. The number of hydrogen-bond acceptors (Lipinski definition) is 4. The fourth-order valence-electron chi connectivity index (χ4n) is 4.00. The second kappa shape index (κ2) is 9.51. The number of aliphatic carboxylic acids is 1. The third kappa shape index (κ3) is 5.03. The highest BCUT2D eigenvalue weighted by Gasteiger charge is 2.32. The van der Waals surface area contributed by atoms with E-state index in [0.29, 0.717) is 24.6 Å². The highest BCUT2D eigenvalue weighted by atomic mass is 35.5. The zero-order valence-electron chi connectivity index (χ0n) is 17.3. The summed E-state index contributed by atoms with van der Waals surface area (Å²) in [7, 11) is 4.03. The standard InChI is InChI=1S/C23H29ClN2O3/c1-4-29-21-12-9-18(24)14-20(21)22(16-7-10-19(11-8-16)25(2)3)26-13-5-6-17(15-26)23(27)28/h7-12,14,17,22H,4-6,13,15H2,1-3H3,(H,27,28). The summed E-state index contributed by atoms with van der Waals surface area (Å²) in [6.07, 6.45) is 1.57. The van der Waals surface area contributed by atoms with Crippen molar-refractivity contribution in [1.82, 2.24) is 4.90 Å². The van der Waals surface area contributed by atoms with E-state index in [-0.39, 0.29) is 12.0 Å². The Morgan fingerprint density at radius 2 is 2.00 bits per heavy atom. The molecule has 3 rings (SSSR count). The number of halogens is 1. The van der Waals surface area contributed by atoms with Crippen molar-refractivity contribution < 1.29 is 14.6 Å². The minimum atomic E-state index is -0.729. The van der Waals surface area contributed by atoms with Crippen molar-refractivity contribution in [1.29, 1.82) is 0 Å².